The smallest absolute Gasteiger partial charge is 0.268 e. The molecular weight excluding hydrogens is 669 g/mol. The van der Waals surface area contributed by atoms with Crippen LogP contribution in [0.15, 0.2) is 30.6 Å². The van der Waals surface area contributed by atoms with Crippen molar-refractivity contribution in [3.05, 3.63) is 30.6 Å². The maximum Gasteiger partial charge on any atom is 0.268 e. The minimum Gasteiger partial charge on any atom is -0.756 e. The average molecular weight is 754 g/mol. The molecule has 1 aromatic heterocycles. The topological polar surface area (TPSA) is 80.9 Å². The van der Waals surface area contributed by atoms with Crippen molar-refractivity contribution in [3.63, 3.8) is 0 Å². The lowest BCUT2D eigenvalue weighted by molar-refractivity contribution is -0.697. The maximum atomic E-state index is 12.6. The third kappa shape index (κ3) is 32.6. The van der Waals surface area contributed by atoms with Crippen molar-refractivity contribution in [3.8, 4) is 0 Å². The Hall–Kier alpha value is -0.820. The lowest BCUT2D eigenvalue weighted by Crippen LogP contribution is -2.36. The molecule has 7 nitrogen and oxygen atoms in total. The van der Waals surface area contributed by atoms with Crippen molar-refractivity contribution in [1.29, 1.82) is 0 Å². The number of phosphoric acid groups is 1. The second-order valence-corrected chi connectivity index (χ2v) is 17.2. The molecule has 0 aliphatic rings. The highest BCUT2D eigenvalue weighted by Gasteiger charge is 2.28. The molecule has 0 amide bonds. The van der Waals surface area contributed by atoms with Crippen LogP contribution in [0.25, 0.3) is 0 Å². The Balaban J connectivity index is 2.25. The molecule has 1 atom stereocenters. The van der Waals surface area contributed by atoms with Crippen LogP contribution in [0.4, 0.5) is 0 Å². The van der Waals surface area contributed by atoms with Crippen LogP contribution in [0.3, 0.4) is 0 Å². The number of phosphoric ester groups is 1. The number of rotatable bonds is 41. The van der Waals surface area contributed by atoms with E-state index < -0.39 is 13.2 Å². The van der Waals surface area contributed by atoms with E-state index in [0.29, 0.717) is 33.0 Å². The molecule has 306 valence electrons. The van der Waals surface area contributed by atoms with E-state index in [9.17, 15) is 9.46 Å². The Kier molecular flexibility index (Phi) is 33.9. The van der Waals surface area contributed by atoms with Gasteiger partial charge in [-0.25, -0.2) is 4.57 Å². The van der Waals surface area contributed by atoms with Crippen LogP contribution in [0, 0.1) is 5.41 Å². The van der Waals surface area contributed by atoms with Gasteiger partial charge in [-0.1, -0.05) is 194 Å². The first-order chi connectivity index (χ1) is 25.4. The Morgan fingerprint density at radius 3 is 1.19 bits per heavy atom. The van der Waals surface area contributed by atoms with Gasteiger partial charge in [0.15, 0.2) is 18.9 Å². The molecule has 1 unspecified atom stereocenters. The van der Waals surface area contributed by atoms with Crippen LogP contribution in [0.5, 0.6) is 0 Å². The highest BCUT2D eigenvalue weighted by atomic mass is 31.2. The van der Waals surface area contributed by atoms with Gasteiger partial charge in [0.05, 0.1) is 19.8 Å². The maximum absolute atomic E-state index is 12.6. The molecule has 8 heteroatoms. The van der Waals surface area contributed by atoms with Gasteiger partial charge in [0.25, 0.3) is 7.82 Å². The summed E-state index contributed by atoms with van der Waals surface area (Å²) in [6, 6.07) is 5.72. The summed E-state index contributed by atoms with van der Waals surface area (Å²) < 4.78 is 37.2. The Morgan fingerprint density at radius 2 is 0.827 bits per heavy atom. The third-order valence-electron chi connectivity index (χ3n) is 10.1. The molecule has 1 rings (SSSR count). The van der Waals surface area contributed by atoms with E-state index >= 15 is 0 Å². The minimum absolute atomic E-state index is 0.0241. The summed E-state index contributed by atoms with van der Waals surface area (Å²) in [5.41, 5.74) is -0.580. The lowest BCUT2D eigenvalue weighted by atomic mass is 9.94. The van der Waals surface area contributed by atoms with Gasteiger partial charge in [0.2, 0.25) is 0 Å². The summed E-state index contributed by atoms with van der Waals surface area (Å²) in [7, 11) is -4.45. The predicted octanol–water partition coefficient (Wildman–Crippen LogP) is 12.5. The fourth-order valence-corrected chi connectivity index (χ4v) is 7.52. The quantitative estimate of drug-likeness (QED) is 0.0376. The molecule has 0 radical (unpaired) electrons. The molecule has 0 fully saturated rings. The SMILES string of the molecule is CCCCCCCCCCCCCCCCOCC(C)(COCCCCCCCCCCCCCCCC)COP(=O)([O-])OCC[n+]1ccccc1. The van der Waals surface area contributed by atoms with Gasteiger partial charge in [0.1, 0.15) is 6.61 Å². The summed E-state index contributed by atoms with van der Waals surface area (Å²) in [5, 5.41) is 0. The fourth-order valence-electron chi connectivity index (χ4n) is 6.67. The molecule has 0 spiro atoms. The molecule has 0 aromatic carbocycles. The van der Waals surface area contributed by atoms with Crippen molar-refractivity contribution in [1.82, 2.24) is 0 Å². The lowest BCUT2D eigenvalue weighted by Gasteiger charge is -2.32. The van der Waals surface area contributed by atoms with E-state index in [2.05, 4.69) is 13.8 Å². The molecule has 0 saturated heterocycles. The van der Waals surface area contributed by atoms with Crippen LogP contribution in [-0.2, 0) is 29.6 Å². The predicted molar refractivity (Wildman–Crippen MR) is 217 cm³/mol. The minimum atomic E-state index is -4.45. The van der Waals surface area contributed by atoms with E-state index in [4.69, 9.17) is 18.5 Å². The van der Waals surface area contributed by atoms with Gasteiger partial charge >= 0.3 is 0 Å². The number of hydrogen-bond donors (Lipinski definition) is 0. The van der Waals surface area contributed by atoms with Gasteiger partial charge in [0, 0.05) is 30.8 Å². The number of hydrogen-bond acceptors (Lipinski definition) is 6. The second kappa shape index (κ2) is 35.9. The van der Waals surface area contributed by atoms with Gasteiger partial charge in [-0.2, -0.15) is 0 Å². The molecular formula is C44H84NO6P. The van der Waals surface area contributed by atoms with Crippen LogP contribution < -0.4 is 9.46 Å². The molecule has 0 bridgehead atoms. The molecule has 0 N–H and O–H groups in total. The standard InChI is InChI=1S/C44H84NO6P/c1-4-6-8-10-12-14-16-18-20-22-24-26-28-33-38-48-41-44(3,43-51-52(46,47)50-40-37-45-35-31-30-32-36-45)42-49-39-34-29-27-25-23-21-19-17-15-13-11-9-7-5-2/h30-32,35-36H,4-29,33-34,37-43H2,1-3H3. The fraction of sp³-hybridized carbons (Fsp3) is 0.886. The van der Waals surface area contributed by atoms with E-state index in [0.717, 1.165) is 12.8 Å². The van der Waals surface area contributed by atoms with Gasteiger partial charge in [-0.3, -0.25) is 4.57 Å². The summed E-state index contributed by atoms with van der Waals surface area (Å²) in [6.07, 6.45) is 40.9. The van der Waals surface area contributed by atoms with Crippen molar-refractivity contribution in [2.45, 2.75) is 207 Å². The van der Waals surface area contributed by atoms with Crippen molar-refractivity contribution in [2.75, 3.05) is 39.6 Å². The Morgan fingerprint density at radius 1 is 0.481 bits per heavy atom. The number of aromatic nitrogens is 1. The molecule has 0 saturated carbocycles. The van der Waals surface area contributed by atoms with E-state index in [1.54, 1.807) is 0 Å². The number of ether oxygens (including phenoxy) is 2. The summed E-state index contributed by atoms with van der Waals surface area (Å²) in [4.78, 5) is 12.6. The van der Waals surface area contributed by atoms with Crippen molar-refractivity contribution >= 4 is 7.82 Å². The summed E-state index contributed by atoms with van der Waals surface area (Å²) >= 11 is 0. The molecule has 0 aliphatic heterocycles. The van der Waals surface area contributed by atoms with Crippen LogP contribution in [-0.4, -0.2) is 39.6 Å². The first-order valence-corrected chi connectivity index (χ1v) is 23.6. The number of pyridine rings is 1. The number of unbranched alkanes of at least 4 members (excludes halogenated alkanes) is 26. The van der Waals surface area contributed by atoms with E-state index in [1.807, 2.05) is 42.1 Å². The average Bonchev–Trinajstić information content (AvgIpc) is 3.14. The monoisotopic (exact) mass is 754 g/mol. The van der Waals surface area contributed by atoms with Crippen LogP contribution in [0.1, 0.15) is 201 Å². The first-order valence-electron chi connectivity index (χ1n) is 22.1. The normalized spacial score (nSPS) is 13.2. The van der Waals surface area contributed by atoms with Crippen molar-refractivity contribution in [2.24, 2.45) is 5.41 Å². The van der Waals surface area contributed by atoms with Crippen LogP contribution in [0.2, 0.25) is 0 Å². The first kappa shape index (κ1) is 49.2. The summed E-state index contributed by atoms with van der Waals surface area (Å²) in [5.74, 6) is 0. The molecule has 1 heterocycles. The molecule has 0 aliphatic carbocycles. The zero-order valence-electron chi connectivity index (χ0n) is 34.5. The van der Waals surface area contributed by atoms with Crippen LogP contribution >= 0.6 is 7.82 Å². The zero-order chi connectivity index (χ0) is 37.7. The van der Waals surface area contributed by atoms with Gasteiger partial charge in [-0.05, 0) is 12.8 Å². The molecule has 1 aromatic rings. The Labute approximate surface area is 322 Å². The third-order valence-corrected chi connectivity index (χ3v) is 11.1. The molecule has 52 heavy (non-hydrogen) atoms. The largest absolute Gasteiger partial charge is 0.756 e. The second-order valence-electron chi connectivity index (χ2n) is 15.8. The highest BCUT2D eigenvalue weighted by Crippen LogP contribution is 2.40. The van der Waals surface area contributed by atoms with Gasteiger partial charge in [-0.15, -0.1) is 0 Å². The van der Waals surface area contributed by atoms with Gasteiger partial charge < -0.3 is 23.4 Å². The highest BCUT2D eigenvalue weighted by molar-refractivity contribution is 7.45. The number of nitrogens with zero attached hydrogens (tertiary/aromatic N) is 1. The van der Waals surface area contributed by atoms with Crippen molar-refractivity contribution < 1.29 is 32.5 Å². The van der Waals surface area contributed by atoms with E-state index in [1.165, 1.54) is 167 Å². The van der Waals surface area contributed by atoms with E-state index in [-0.39, 0.29) is 13.2 Å². The summed E-state index contributed by atoms with van der Waals surface area (Å²) in [6.45, 7) is 9.11. The zero-order valence-corrected chi connectivity index (χ0v) is 35.4. The Bertz CT molecular complexity index is 883.